The molecule has 0 N–H and O–H groups in total. The minimum atomic E-state index is -0.679. The van der Waals surface area contributed by atoms with Crippen LogP contribution in [0.4, 0.5) is 0 Å². The lowest BCUT2D eigenvalue weighted by atomic mass is 10.1. The maximum Gasteiger partial charge on any atom is 0.325 e. The van der Waals surface area contributed by atoms with E-state index in [4.69, 9.17) is 23.2 Å². The molecule has 1 aromatic carbocycles. The van der Waals surface area contributed by atoms with Gasteiger partial charge >= 0.3 is 5.97 Å². The van der Waals surface area contributed by atoms with Gasteiger partial charge in [-0.15, -0.1) is 0 Å². The highest BCUT2D eigenvalue weighted by atomic mass is 35.5. The Kier molecular flexibility index (Phi) is 3.28. The molecule has 2 amide bonds. The lowest BCUT2D eigenvalue weighted by molar-refractivity contribution is -0.140. The molecule has 1 aliphatic heterocycles. The normalized spacial score (nSPS) is 13.8. The second-order valence-electron chi connectivity index (χ2n) is 3.58. The Morgan fingerprint density at radius 2 is 1.61 bits per heavy atom. The first-order valence-corrected chi connectivity index (χ1v) is 5.63. The van der Waals surface area contributed by atoms with Crippen molar-refractivity contribution >= 4 is 41.0 Å². The largest absolute Gasteiger partial charge is 0.468 e. The lowest BCUT2D eigenvalue weighted by Gasteiger charge is -2.11. The summed E-state index contributed by atoms with van der Waals surface area (Å²) in [6.07, 6.45) is 0. The van der Waals surface area contributed by atoms with Gasteiger partial charge in [0.2, 0.25) is 0 Å². The van der Waals surface area contributed by atoms with Crippen LogP contribution in [-0.4, -0.2) is 36.3 Å². The molecule has 0 bridgehead atoms. The number of rotatable bonds is 2. The lowest BCUT2D eigenvalue weighted by Crippen LogP contribution is -2.35. The predicted octanol–water partition coefficient (Wildman–Crippen LogP) is 1.76. The number of esters is 1. The summed E-state index contributed by atoms with van der Waals surface area (Å²) in [6, 6.07) is 2.63. The summed E-state index contributed by atoms with van der Waals surface area (Å²) >= 11 is 11.6. The Labute approximate surface area is 112 Å². The average Bonchev–Trinajstić information content (AvgIpc) is 2.55. The van der Waals surface area contributed by atoms with Crippen molar-refractivity contribution in [3.05, 3.63) is 33.3 Å². The van der Waals surface area contributed by atoms with E-state index in [0.29, 0.717) is 0 Å². The van der Waals surface area contributed by atoms with Crippen molar-refractivity contribution in [3.8, 4) is 0 Å². The summed E-state index contributed by atoms with van der Waals surface area (Å²) < 4.78 is 4.42. The predicted molar refractivity (Wildman–Crippen MR) is 63.8 cm³/mol. The molecule has 18 heavy (non-hydrogen) atoms. The Morgan fingerprint density at radius 3 is 2.00 bits per heavy atom. The zero-order valence-electron chi connectivity index (χ0n) is 9.20. The number of carbonyl (C=O) groups is 3. The van der Waals surface area contributed by atoms with Crippen LogP contribution in [0.5, 0.6) is 0 Å². The molecule has 2 rings (SSSR count). The summed E-state index contributed by atoms with van der Waals surface area (Å²) in [7, 11) is 1.17. The van der Waals surface area contributed by atoms with E-state index in [1.54, 1.807) is 0 Å². The van der Waals surface area contributed by atoms with Gasteiger partial charge < -0.3 is 4.74 Å². The van der Waals surface area contributed by atoms with Crippen molar-refractivity contribution in [3.63, 3.8) is 0 Å². The van der Waals surface area contributed by atoms with Crippen molar-refractivity contribution in [1.82, 2.24) is 4.90 Å². The van der Waals surface area contributed by atoms with Gasteiger partial charge in [-0.25, -0.2) is 0 Å². The fourth-order valence-electron chi connectivity index (χ4n) is 1.62. The monoisotopic (exact) mass is 287 g/mol. The topological polar surface area (TPSA) is 63.7 Å². The van der Waals surface area contributed by atoms with Crippen LogP contribution in [0, 0.1) is 0 Å². The number of imide groups is 1. The van der Waals surface area contributed by atoms with Gasteiger partial charge in [0.25, 0.3) is 11.8 Å². The van der Waals surface area contributed by atoms with Crippen LogP contribution in [0.25, 0.3) is 0 Å². The van der Waals surface area contributed by atoms with Crippen molar-refractivity contribution in [1.29, 1.82) is 0 Å². The molecule has 0 spiro atoms. The van der Waals surface area contributed by atoms with E-state index in [1.165, 1.54) is 19.2 Å². The highest BCUT2D eigenvalue weighted by Crippen LogP contribution is 2.31. The summed E-state index contributed by atoms with van der Waals surface area (Å²) in [6.45, 7) is -0.432. The number of methoxy groups -OCH3 is 1. The van der Waals surface area contributed by atoms with Crippen LogP contribution in [0.2, 0.25) is 10.0 Å². The van der Waals surface area contributed by atoms with Crippen molar-refractivity contribution in [2.24, 2.45) is 0 Å². The van der Waals surface area contributed by atoms with E-state index in [9.17, 15) is 14.4 Å². The quantitative estimate of drug-likeness (QED) is 0.614. The molecule has 1 aromatic rings. The molecular weight excluding hydrogens is 281 g/mol. The SMILES string of the molecule is COC(=O)CN1C(=O)c2cc(Cl)c(Cl)cc2C1=O. The number of amides is 2. The van der Waals surface area contributed by atoms with Crippen LogP contribution < -0.4 is 0 Å². The Balaban J connectivity index is 2.41. The van der Waals surface area contributed by atoms with Crippen LogP contribution >= 0.6 is 23.2 Å². The van der Waals surface area contributed by atoms with Gasteiger partial charge in [0.15, 0.2) is 0 Å². The summed E-state index contributed by atoms with van der Waals surface area (Å²) in [4.78, 5) is 35.8. The Morgan fingerprint density at radius 1 is 1.17 bits per heavy atom. The zero-order chi connectivity index (χ0) is 13.4. The molecule has 0 fully saturated rings. The smallest absolute Gasteiger partial charge is 0.325 e. The molecule has 7 heteroatoms. The number of fused-ring (bicyclic) bond motifs is 1. The average molecular weight is 288 g/mol. The summed E-state index contributed by atoms with van der Waals surface area (Å²) in [5.41, 5.74) is 0.275. The molecule has 0 atom stereocenters. The van der Waals surface area contributed by atoms with Crippen molar-refractivity contribution in [2.45, 2.75) is 0 Å². The molecule has 1 aliphatic rings. The van der Waals surface area contributed by atoms with Gasteiger partial charge in [0.1, 0.15) is 6.54 Å². The number of hydrogen-bond acceptors (Lipinski definition) is 4. The van der Waals surface area contributed by atoms with Crippen molar-refractivity contribution in [2.75, 3.05) is 13.7 Å². The molecule has 0 unspecified atom stereocenters. The molecule has 0 aromatic heterocycles. The third-order valence-corrected chi connectivity index (χ3v) is 3.25. The van der Waals surface area contributed by atoms with Crippen LogP contribution in [0.3, 0.4) is 0 Å². The molecule has 1 heterocycles. The molecule has 0 saturated heterocycles. The fourth-order valence-corrected chi connectivity index (χ4v) is 1.95. The maximum absolute atomic E-state index is 11.9. The van der Waals surface area contributed by atoms with Gasteiger partial charge in [0, 0.05) is 0 Å². The third-order valence-electron chi connectivity index (χ3n) is 2.53. The van der Waals surface area contributed by atoms with E-state index in [2.05, 4.69) is 4.74 Å². The van der Waals surface area contributed by atoms with E-state index in [-0.39, 0.29) is 21.2 Å². The highest BCUT2D eigenvalue weighted by molar-refractivity contribution is 6.43. The molecular formula is C11H7Cl2NO4. The van der Waals surface area contributed by atoms with E-state index in [1.807, 2.05) is 0 Å². The Hall–Kier alpha value is -1.59. The first-order valence-electron chi connectivity index (χ1n) is 4.87. The number of ether oxygens (including phenoxy) is 1. The second kappa shape index (κ2) is 4.59. The number of carbonyl (C=O) groups excluding carboxylic acids is 3. The summed E-state index contributed by atoms with van der Waals surface area (Å²) in [5, 5.41) is 0.355. The number of halogens is 2. The Bertz CT molecular complexity index is 529. The van der Waals surface area contributed by atoms with Gasteiger partial charge in [0.05, 0.1) is 28.3 Å². The van der Waals surface area contributed by atoms with Crippen LogP contribution in [0.15, 0.2) is 12.1 Å². The molecule has 0 radical (unpaired) electrons. The van der Waals surface area contributed by atoms with Gasteiger partial charge in [-0.2, -0.15) is 0 Å². The second-order valence-corrected chi connectivity index (χ2v) is 4.40. The molecule has 5 nitrogen and oxygen atoms in total. The van der Waals surface area contributed by atoms with E-state index < -0.39 is 24.3 Å². The molecule has 0 saturated carbocycles. The first kappa shape index (κ1) is 12.9. The van der Waals surface area contributed by atoms with E-state index in [0.717, 1.165) is 4.90 Å². The first-order chi connectivity index (χ1) is 8.45. The maximum atomic E-state index is 11.9. The highest BCUT2D eigenvalue weighted by Gasteiger charge is 2.37. The minimum Gasteiger partial charge on any atom is -0.468 e. The summed E-state index contributed by atoms with van der Waals surface area (Å²) in [5.74, 6) is -1.85. The number of hydrogen-bond donors (Lipinski definition) is 0. The zero-order valence-corrected chi connectivity index (χ0v) is 10.7. The van der Waals surface area contributed by atoms with Crippen LogP contribution in [-0.2, 0) is 9.53 Å². The molecule has 94 valence electrons. The van der Waals surface area contributed by atoms with Crippen LogP contribution in [0.1, 0.15) is 20.7 Å². The van der Waals surface area contributed by atoms with Crippen molar-refractivity contribution < 1.29 is 19.1 Å². The third kappa shape index (κ3) is 1.95. The van der Waals surface area contributed by atoms with Gasteiger partial charge in [-0.05, 0) is 12.1 Å². The van der Waals surface area contributed by atoms with E-state index >= 15 is 0 Å². The fraction of sp³-hybridized carbons (Fsp3) is 0.182. The number of benzene rings is 1. The van der Waals surface area contributed by atoms with Gasteiger partial charge in [-0.3, -0.25) is 19.3 Å². The standard InChI is InChI=1S/C11H7Cl2NO4/c1-18-9(15)4-14-10(16)5-2-7(12)8(13)3-6(5)11(14)17/h2-3H,4H2,1H3. The number of nitrogens with zero attached hydrogens (tertiary/aromatic N) is 1. The minimum absolute atomic E-state index is 0.137. The molecule has 0 aliphatic carbocycles. The van der Waals surface area contributed by atoms with Gasteiger partial charge in [-0.1, -0.05) is 23.2 Å².